The summed E-state index contributed by atoms with van der Waals surface area (Å²) >= 11 is 0. The second kappa shape index (κ2) is 5.99. The number of carbonyl (C=O) groups is 1. The molecular formula is C16H19NO4. The number of ether oxygens (including phenoxy) is 1. The molecule has 1 heterocycles. The molecule has 0 saturated carbocycles. The minimum absolute atomic E-state index is 0.107. The summed E-state index contributed by atoms with van der Waals surface area (Å²) in [5.41, 5.74) is 3.01. The molecule has 0 spiro atoms. The molecule has 2 aromatic rings. The largest absolute Gasteiger partial charge is 0.496 e. The molecule has 21 heavy (non-hydrogen) atoms. The summed E-state index contributed by atoms with van der Waals surface area (Å²) in [6.07, 6.45) is 0.523. The fraction of sp³-hybridized carbons (Fsp3) is 0.375. The van der Waals surface area contributed by atoms with Crippen LogP contribution in [-0.4, -0.2) is 23.3 Å². The van der Waals surface area contributed by atoms with Crippen LogP contribution in [0.2, 0.25) is 0 Å². The monoisotopic (exact) mass is 289 g/mol. The van der Waals surface area contributed by atoms with Gasteiger partial charge in [0, 0.05) is 11.1 Å². The molecule has 5 nitrogen and oxygen atoms in total. The Hall–Kier alpha value is -2.30. The van der Waals surface area contributed by atoms with E-state index in [1.165, 1.54) is 0 Å². The first-order valence-corrected chi connectivity index (χ1v) is 6.89. The highest BCUT2D eigenvalue weighted by Crippen LogP contribution is 2.35. The van der Waals surface area contributed by atoms with Crippen LogP contribution in [0.1, 0.15) is 48.4 Å². The molecule has 2 rings (SSSR count). The van der Waals surface area contributed by atoms with Crippen LogP contribution >= 0.6 is 0 Å². The van der Waals surface area contributed by atoms with E-state index in [0.29, 0.717) is 29.3 Å². The van der Waals surface area contributed by atoms with Gasteiger partial charge in [-0.05, 0) is 30.0 Å². The number of hydrogen-bond donors (Lipinski definition) is 1. The Morgan fingerprint density at radius 2 is 2.14 bits per heavy atom. The maximum Gasteiger partial charge on any atom is 0.375 e. The third-order valence-corrected chi connectivity index (χ3v) is 3.48. The highest BCUT2D eigenvalue weighted by atomic mass is 16.5. The van der Waals surface area contributed by atoms with E-state index in [1.807, 2.05) is 25.1 Å². The lowest BCUT2D eigenvalue weighted by Crippen LogP contribution is -1.99. The number of carboxylic acids is 1. The maximum atomic E-state index is 11.2. The minimum atomic E-state index is -1.11. The van der Waals surface area contributed by atoms with Gasteiger partial charge in [-0.2, -0.15) is 0 Å². The zero-order valence-electron chi connectivity index (χ0n) is 12.6. The Morgan fingerprint density at radius 1 is 1.43 bits per heavy atom. The first-order valence-electron chi connectivity index (χ1n) is 6.89. The first kappa shape index (κ1) is 15.1. The van der Waals surface area contributed by atoms with Crippen LogP contribution in [0, 0.1) is 0 Å². The fourth-order valence-electron chi connectivity index (χ4n) is 2.29. The maximum absolute atomic E-state index is 11.2. The van der Waals surface area contributed by atoms with Crippen molar-refractivity contribution in [1.82, 2.24) is 5.16 Å². The highest BCUT2D eigenvalue weighted by Gasteiger charge is 2.23. The van der Waals surface area contributed by atoms with Crippen molar-refractivity contribution < 1.29 is 19.2 Å². The molecule has 0 radical (unpaired) electrons. The van der Waals surface area contributed by atoms with E-state index in [4.69, 9.17) is 14.4 Å². The van der Waals surface area contributed by atoms with Crippen LogP contribution in [0.3, 0.4) is 0 Å². The number of aromatic carboxylic acids is 1. The molecule has 0 aliphatic carbocycles. The predicted octanol–water partition coefficient (Wildman–Crippen LogP) is 3.73. The summed E-state index contributed by atoms with van der Waals surface area (Å²) in [7, 11) is 1.58. The standard InChI is InChI=1S/C16H19NO4/c1-5-11-14(17-21-15(11)16(18)19)12-8-10(9(2)3)6-7-13(12)20-4/h6-9H,5H2,1-4H3,(H,18,19). The molecular weight excluding hydrogens is 270 g/mol. The molecule has 0 aliphatic heterocycles. The van der Waals surface area contributed by atoms with E-state index in [-0.39, 0.29) is 5.76 Å². The van der Waals surface area contributed by atoms with Gasteiger partial charge in [-0.15, -0.1) is 0 Å². The molecule has 0 amide bonds. The van der Waals surface area contributed by atoms with E-state index in [9.17, 15) is 4.79 Å². The smallest absolute Gasteiger partial charge is 0.375 e. The van der Waals surface area contributed by atoms with Crippen molar-refractivity contribution in [2.24, 2.45) is 0 Å². The Balaban J connectivity index is 2.65. The Labute approximate surface area is 123 Å². The molecule has 0 saturated heterocycles. The van der Waals surface area contributed by atoms with Crippen LogP contribution < -0.4 is 4.74 Å². The van der Waals surface area contributed by atoms with Gasteiger partial charge in [0.05, 0.1) is 7.11 Å². The summed E-state index contributed by atoms with van der Waals surface area (Å²) < 4.78 is 10.4. The molecule has 0 bridgehead atoms. The highest BCUT2D eigenvalue weighted by molar-refractivity contribution is 5.89. The van der Waals surface area contributed by atoms with Gasteiger partial charge in [0.2, 0.25) is 5.76 Å². The van der Waals surface area contributed by atoms with Crippen molar-refractivity contribution in [3.63, 3.8) is 0 Å². The molecule has 0 atom stereocenters. The van der Waals surface area contributed by atoms with Gasteiger partial charge in [-0.3, -0.25) is 0 Å². The molecule has 1 aromatic carbocycles. The number of rotatable bonds is 5. The van der Waals surface area contributed by atoms with E-state index in [1.54, 1.807) is 7.11 Å². The SMILES string of the molecule is CCc1c(-c2cc(C(C)C)ccc2OC)noc1C(=O)O. The van der Waals surface area contributed by atoms with Gasteiger partial charge >= 0.3 is 5.97 Å². The molecule has 0 aliphatic rings. The van der Waals surface area contributed by atoms with Gasteiger partial charge in [0.1, 0.15) is 11.4 Å². The molecule has 5 heteroatoms. The van der Waals surface area contributed by atoms with Crippen LogP contribution in [0.4, 0.5) is 0 Å². The van der Waals surface area contributed by atoms with E-state index in [0.717, 1.165) is 11.1 Å². The van der Waals surface area contributed by atoms with E-state index < -0.39 is 5.97 Å². The lowest BCUT2D eigenvalue weighted by atomic mass is 9.96. The Morgan fingerprint density at radius 3 is 2.67 bits per heavy atom. The van der Waals surface area contributed by atoms with E-state index in [2.05, 4.69) is 19.0 Å². The predicted molar refractivity (Wildman–Crippen MR) is 78.9 cm³/mol. The normalized spacial score (nSPS) is 10.9. The van der Waals surface area contributed by atoms with Gasteiger partial charge in [-0.1, -0.05) is 32.0 Å². The summed E-state index contributed by atoms with van der Waals surface area (Å²) in [4.78, 5) is 11.2. The topological polar surface area (TPSA) is 72.6 Å². The summed E-state index contributed by atoms with van der Waals surface area (Å²) in [6, 6.07) is 5.85. The molecule has 0 fully saturated rings. The van der Waals surface area contributed by atoms with Crippen LogP contribution in [0.25, 0.3) is 11.3 Å². The first-order chi connectivity index (χ1) is 9.99. The lowest BCUT2D eigenvalue weighted by molar-refractivity contribution is 0.0650. The molecule has 1 aromatic heterocycles. The molecule has 0 unspecified atom stereocenters. The molecule has 112 valence electrons. The van der Waals surface area contributed by atoms with Crippen molar-refractivity contribution in [3.05, 3.63) is 35.1 Å². The quantitative estimate of drug-likeness (QED) is 0.907. The Kier molecular flexibility index (Phi) is 4.31. The van der Waals surface area contributed by atoms with Gasteiger partial charge in [-0.25, -0.2) is 4.79 Å². The summed E-state index contributed by atoms with van der Waals surface area (Å²) in [5.74, 6) is -0.209. The van der Waals surface area contributed by atoms with Crippen molar-refractivity contribution >= 4 is 5.97 Å². The molecule has 1 N–H and O–H groups in total. The average molecular weight is 289 g/mol. The number of carboxylic acid groups (broad SMARTS) is 1. The minimum Gasteiger partial charge on any atom is -0.496 e. The zero-order valence-corrected chi connectivity index (χ0v) is 12.6. The second-order valence-corrected chi connectivity index (χ2v) is 5.11. The van der Waals surface area contributed by atoms with Crippen molar-refractivity contribution in [3.8, 4) is 17.0 Å². The van der Waals surface area contributed by atoms with E-state index >= 15 is 0 Å². The van der Waals surface area contributed by atoms with Crippen LogP contribution in [0.15, 0.2) is 22.7 Å². The van der Waals surface area contributed by atoms with Crippen molar-refractivity contribution in [2.45, 2.75) is 33.1 Å². The van der Waals surface area contributed by atoms with Crippen molar-refractivity contribution in [2.75, 3.05) is 7.11 Å². The number of benzene rings is 1. The second-order valence-electron chi connectivity index (χ2n) is 5.11. The summed E-state index contributed by atoms with van der Waals surface area (Å²) in [5, 5.41) is 13.1. The third-order valence-electron chi connectivity index (χ3n) is 3.48. The third kappa shape index (κ3) is 2.77. The van der Waals surface area contributed by atoms with Gasteiger partial charge in [0.25, 0.3) is 0 Å². The number of methoxy groups -OCH3 is 1. The summed E-state index contributed by atoms with van der Waals surface area (Å²) in [6.45, 7) is 6.07. The van der Waals surface area contributed by atoms with Crippen LogP contribution in [-0.2, 0) is 6.42 Å². The fourth-order valence-corrected chi connectivity index (χ4v) is 2.29. The van der Waals surface area contributed by atoms with Crippen molar-refractivity contribution in [1.29, 1.82) is 0 Å². The number of aromatic nitrogens is 1. The number of nitrogens with zero attached hydrogens (tertiary/aromatic N) is 1. The number of hydrogen-bond acceptors (Lipinski definition) is 4. The average Bonchev–Trinajstić information content (AvgIpc) is 2.90. The lowest BCUT2D eigenvalue weighted by Gasteiger charge is -2.12. The van der Waals surface area contributed by atoms with Crippen LogP contribution in [0.5, 0.6) is 5.75 Å². The van der Waals surface area contributed by atoms with Gasteiger partial charge < -0.3 is 14.4 Å². The zero-order chi connectivity index (χ0) is 15.6. The van der Waals surface area contributed by atoms with Gasteiger partial charge in [0.15, 0.2) is 0 Å². The Bertz CT molecular complexity index is 658.